The molecule has 0 spiro atoms. The van der Waals surface area contributed by atoms with Crippen LogP contribution >= 0.6 is 11.3 Å². The number of thiazole rings is 1. The fraction of sp³-hybridized carbons (Fsp3) is 0.417. The van der Waals surface area contributed by atoms with Crippen LogP contribution in [0.3, 0.4) is 0 Å². The number of ether oxygens (including phenoxy) is 1. The van der Waals surface area contributed by atoms with E-state index in [4.69, 9.17) is 9.84 Å². The molecule has 0 unspecified atom stereocenters. The first-order chi connectivity index (χ1) is 9.65. The number of aromatic nitrogens is 2. The van der Waals surface area contributed by atoms with Gasteiger partial charge < -0.3 is 14.7 Å². The molecule has 2 aromatic rings. The smallest absolute Gasteiger partial charge is 0.328 e. The van der Waals surface area contributed by atoms with Gasteiger partial charge in [-0.3, -0.25) is 9.20 Å². The van der Waals surface area contributed by atoms with Crippen molar-refractivity contribution in [3.63, 3.8) is 0 Å². The molecule has 3 rings (SSSR count). The van der Waals surface area contributed by atoms with Gasteiger partial charge in [0.1, 0.15) is 0 Å². The van der Waals surface area contributed by atoms with E-state index in [1.807, 2.05) is 16.0 Å². The van der Waals surface area contributed by atoms with Crippen molar-refractivity contribution in [2.75, 3.05) is 19.8 Å². The zero-order valence-electron chi connectivity index (χ0n) is 10.6. The van der Waals surface area contributed by atoms with Crippen molar-refractivity contribution in [2.45, 2.75) is 12.5 Å². The monoisotopic (exact) mass is 295 g/mol. The summed E-state index contributed by atoms with van der Waals surface area (Å²) in [5.74, 6) is -1.27. The van der Waals surface area contributed by atoms with E-state index in [0.717, 1.165) is 4.96 Å². The summed E-state index contributed by atoms with van der Waals surface area (Å²) in [7, 11) is 0. The Balaban J connectivity index is 1.74. The van der Waals surface area contributed by atoms with Crippen molar-refractivity contribution in [2.24, 2.45) is 0 Å². The van der Waals surface area contributed by atoms with Gasteiger partial charge in [0, 0.05) is 24.3 Å². The average Bonchev–Trinajstić information content (AvgIpc) is 2.99. The zero-order valence-corrected chi connectivity index (χ0v) is 11.4. The summed E-state index contributed by atoms with van der Waals surface area (Å²) >= 11 is 1.49. The minimum Gasteiger partial charge on any atom is -0.480 e. The van der Waals surface area contributed by atoms with Crippen LogP contribution in [0, 0.1) is 0 Å². The molecule has 0 aromatic carbocycles. The Kier molecular flexibility index (Phi) is 3.41. The van der Waals surface area contributed by atoms with E-state index in [0.29, 0.717) is 18.8 Å². The lowest BCUT2D eigenvalue weighted by Gasteiger charge is -2.32. The van der Waals surface area contributed by atoms with Gasteiger partial charge in [0.2, 0.25) is 5.91 Å². The molecular weight excluding hydrogens is 282 g/mol. The molecule has 0 bridgehead atoms. The summed E-state index contributed by atoms with van der Waals surface area (Å²) in [5.41, 5.74) is 0.650. The zero-order chi connectivity index (χ0) is 14.1. The van der Waals surface area contributed by atoms with E-state index >= 15 is 0 Å². The maximum atomic E-state index is 12.2. The number of carboxylic acid groups (broad SMARTS) is 1. The fourth-order valence-electron chi connectivity index (χ4n) is 2.22. The summed E-state index contributed by atoms with van der Waals surface area (Å²) in [6, 6.07) is -0.903. The second kappa shape index (κ2) is 5.22. The van der Waals surface area contributed by atoms with Gasteiger partial charge >= 0.3 is 5.97 Å². The van der Waals surface area contributed by atoms with Crippen molar-refractivity contribution < 1.29 is 19.4 Å². The third kappa shape index (κ3) is 2.39. The quantitative estimate of drug-likeness (QED) is 0.877. The predicted octanol–water partition coefficient (Wildman–Crippen LogP) is 0.250. The van der Waals surface area contributed by atoms with Crippen LogP contribution in [0.2, 0.25) is 0 Å². The Morgan fingerprint density at radius 2 is 2.40 bits per heavy atom. The average molecular weight is 295 g/mol. The standard InChI is InChI=1S/C12H13N3O4S/c16-10(15-1-3-19-7-9(15)11(17)18)5-8-6-14-2-4-20-12(14)13-8/h2,4,6,9H,1,3,5,7H2,(H,17,18)/t9-/m1/s1. The Bertz CT molecular complexity index is 621. The van der Waals surface area contributed by atoms with Crippen LogP contribution in [0.4, 0.5) is 0 Å². The molecule has 1 amide bonds. The number of carbonyl (C=O) groups is 2. The van der Waals surface area contributed by atoms with E-state index in [1.165, 1.54) is 16.2 Å². The van der Waals surface area contributed by atoms with Gasteiger partial charge in [-0.25, -0.2) is 9.78 Å². The van der Waals surface area contributed by atoms with E-state index in [2.05, 4.69) is 4.98 Å². The minimum absolute atomic E-state index is 0.0410. The van der Waals surface area contributed by atoms with E-state index in [1.54, 1.807) is 6.20 Å². The van der Waals surface area contributed by atoms with Crippen molar-refractivity contribution >= 4 is 28.2 Å². The SMILES string of the molecule is O=C(O)[C@H]1COCCN1C(=O)Cc1cn2ccsc2n1. The number of morpholine rings is 1. The van der Waals surface area contributed by atoms with Crippen LogP contribution in [0.15, 0.2) is 17.8 Å². The molecule has 1 fully saturated rings. The van der Waals surface area contributed by atoms with Crippen LogP contribution in [0.1, 0.15) is 5.69 Å². The lowest BCUT2D eigenvalue weighted by atomic mass is 10.2. The van der Waals surface area contributed by atoms with Crippen LogP contribution in [0.25, 0.3) is 4.96 Å². The molecule has 1 aliphatic rings. The summed E-state index contributed by atoms with van der Waals surface area (Å²) in [6.07, 6.45) is 3.77. The molecule has 1 N–H and O–H groups in total. The molecule has 1 atom stereocenters. The third-order valence-corrected chi connectivity index (χ3v) is 3.98. The van der Waals surface area contributed by atoms with Gasteiger partial charge in [-0.2, -0.15) is 0 Å². The predicted molar refractivity (Wildman–Crippen MR) is 70.7 cm³/mol. The van der Waals surface area contributed by atoms with Crippen LogP contribution in [0.5, 0.6) is 0 Å². The summed E-state index contributed by atoms with van der Waals surface area (Å²) in [6.45, 7) is 0.713. The maximum Gasteiger partial charge on any atom is 0.328 e. The molecule has 1 saturated heterocycles. The molecule has 8 heteroatoms. The summed E-state index contributed by atoms with van der Waals surface area (Å²) in [5, 5.41) is 11.0. The second-order valence-electron chi connectivity index (χ2n) is 4.52. The highest BCUT2D eigenvalue weighted by Gasteiger charge is 2.32. The van der Waals surface area contributed by atoms with E-state index in [9.17, 15) is 9.59 Å². The summed E-state index contributed by atoms with van der Waals surface area (Å²) < 4.78 is 6.97. The van der Waals surface area contributed by atoms with Crippen LogP contribution < -0.4 is 0 Å². The van der Waals surface area contributed by atoms with Crippen molar-refractivity contribution in [1.82, 2.24) is 14.3 Å². The number of fused-ring (bicyclic) bond motifs is 1. The number of carboxylic acids is 1. The Hall–Kier alpha value is -1.93. The van der Waals surface area contributed by atoms with Gasteiger partial charge in [-0.05, 0) is 0 Å². The Labute approximate surface area is 118 Å². The molecule has 2 aromatic heterocycles. The lowest BCUT2D eigenvalue weighted by molar-refractivity contribution is -0.158. The number of aliphatic carboxylic acids is 1. The number of imidazole rings is 1. The molecule has 20 heavy (non-hydrogen) atoms. The molecule has 7 nitrogen and oxygen atoms in total. The van der Waals surface area contributed by atoms with Gasteiger partial charge in [0.05, 0.1) is 25.3 Å². The molecule has 0 aliphatic carbocycles. The first kappa shape index (κ1) is 13.1. The van der Waals surface area contributed by atoms with Crippen LogP contribution in [-0.4, -0.2) is 57.1 Å². The normalized spacial score (nSPS) is 19.4. The minimum atomic E-state index is -1.04. The highest BCUT2D eigenvalue weighted by atomic mass is 32.1. The number of carbonyl (C=O) groups excluding carboxylic acids is 1. The number of nitrogens with zero attached hydrogens (tertiary/aromatic N) is 3. The molecule has 106 valence electrons. The highest BCUT2D eigenvalue weighted by molar-refractivity contribution is 7.15. The molecule has 3 heterocycles. The molecular formula is C12H13N3O4S. The molecule has 1 aliphatic heterocycles. The third-order valence-electron chi connectivity index (χ3n) is 3.21. The number of hydrogen-bond acceptors (Lipinski definition) is 5. The highest BCUT2D eigenvalue weighted by Crippen LogP contribution is 2.14. The molecule has 0 saturated carbocycles. The lowest BCUT2D eigenvalue weighted by Crippen LogP contribution is -2.53. The second-order valence-corrected chi connectivity index (χ2v) is 5.39. The van der Waals surface area contributed by atoms with Gasteiger partial charge in [0.25, 0.3) is 0 Å². The first-order valence-electron chi connectivity index (χ1n) is 6.16. The topological polar surface area (TPSA) is 84.1 Å². The number of rotatable bonds is 3. The van der Waals surface area contributed by atoms with Gasteiger partial charge in [-0.15, -0.1) is 11.3 Å². The number of amides is 1. The Morgan fingerprint density at radius 3 is 3.15 bits per heavy atom. The molecule has 0 radical (unpaired) electrons. The van der Waals surface area contributed by atoms with Crippen molar-refractivity contribution in [3.05, 3.63) is 23.5 Å². The van der Waals surface area contributed by atoms with Gasteiger partial charge in [0.15, 0.2) is 11.0 Å². The first-order valence-corrected chi connectivity index (χ1v) is 7.04. The van der Waals surface area contributed by atoms with Crippen LogP contribution in [-0.2, 0) is 20.7 Å². The van der Waals surface area contributed by atoms with Gasteiger partial charge in [-0.1, -0.05) is 0 Å². The largest absolute Gasteiger partial charge is 0.480 e. The Morgan fingerprint density at radius 1 is 1.55 bits per heavy atom. The maximum absolute atomic E-state index is 12.2. The number of hydrogen-bond donors (Lipinski definition) is 1. The van der Waals surface area contributed by atoms with E-state index in [-0.39, 0.29) is 18.9 Å². The van der Waals surface area contributed by atoms with Crippen molar-refractivity contribution in [1.29, 1.82) is 0 Å². The van der Waals surface area contributed by atoms with Crippen molar-refractivity contribution in [3.8, 4) is 0 Å². The van der Waals surface area contributed by atoms with E-state index < -0.39 is 12.0 Å². The fourth-order valence-corrected chi connectivity index (χ4v) is 2.94. The summed E-state index contributed by atoms with van der Waals surface area (Å²) in [4.78, 5) is 29.9.